The van der Waals surface area contributed by atoms with E-state index in [1.54, 1.807) is 45.6 Å². The quantitative estimate of drug-likeness (QED) is 0.0975. The van der Waals surface area contributed by atoms with E-state index in [-0.39, 0.29) is 26.0 Å². The SMILES string of the molecule is C.COCN.COCN1C(=O)c2ccccc2C1=O.COc1ccc(-c2cccc3nc(Cc4ccccc4)nn23)cc1.COc1ccc(-c2cccc3nc(Cc4ccccc4)nn23)cc1. The van der Waals surface area contributed by atoms with E-state index >= 15 is 0 Å². The summed E-state index contributed by atoms with van der Waals surface area (Å²) < 4.78 is 23.4. The topological polar surface area (TPSA) is 161 Å². The van der Waals surface area contributed by atoms with E-state index < -0.39 is 0 Å². The molecule has 4 aromatic heterocycles. The molecule has 9 aromatic rings. The number of ether oxygens (including phenoxy) is 4. The average molecular weight is 899 g/mol. The molecule has 5 heterocycles. The van der Waals surface area contributed by atoms with Crippen molar-refractivity contribution in [1.82, 2.24) is 34.1 Å². The van der Waals surface area contributed by atoms with Crippen molar-refractivity contribution in [3.8, 4) is 34.0 Å². The van der Waals surface area contributed by atoms with Crippen molar-refractivity contribution in [2.75, 3.05) is 41.9 Å². The van der Waals surface area contributed by atoms with Gasteiger partial charge in [0.05, 0.1) is 43.5 Å². The van der Waals surface area contributed by atoms with E-state index in [9.17, 15) is 9.59 Å². The van der Waals surface area contributed by atoms with Gasteiger partial charge in [0.15, 0.2) is 22.9 Å². The lowest BCUT2D eigenvalue weighted by Gasteiger charge is -2.10. The zero-order valence-electron chi connectivity index (χ0n) is 37.2. The van der Waals surface area contributed by atoms with Crippen LogP contribution in [0.25, 0.3) is 33.8 Å². The summed E-state index contributed by atoms with van der Waals surface area (Å²) in [6.45, 7) is 0.326. The van der Waals surface area contributed by atoms with E-state index in [0.29, 0.717) is 17.9 Å². The standard InChI is InChI=1S/2C20H17N3O.C10H9NO3.C2H7NO.CH4/c2*1-24-17-12-10-16(11-13-17)18-8-5-9-20-21-19(22-23(18)20)14-15-6-3-2-4-7-15;1-14-6-11-9(12)7-4-2-3-5-8(7)10(11)13;1-4-2-3;/h2*2-13H,14H2,1H3;2-5H,6H2,1H3;2-3H2,1H3;1H4. The van der Waals surface area contributed by atoms with Crippen molar-refractivity contribution in [2.45, 2.75) is 20.3 Å². The number of imide groups is 1. The van der Waals surface area contributed by atoms with Gasteiger partial charge in [-0.2, -0.15) is 10.2 Å². The van der Waals surface area contributed by atoms with Crippen LogP contribution in [-0.2, 0) is 22.3 Å². The Morgan fingerprint density at radius 2 is 0.866 bits per heavy atom. The predicted molar refractivity (Wildman–Crippen MR) is 260 cm³/mol. The first-order valence-electron chi connectivity index (χ1n) is 21.0. The molecule has 10 rings (SSSR count). The van der Waals surface area contributed by atoms with Crippen molar-refractivity contribution in [3.63, 3.8) is 0 Å². The van der Waals surface area contributed by atoms with Crippen molar-refractivity contribution < 1.29 is 28.5 Å². The minimum absolute atomic E-state index is 0. The third kappa shape index (κ3) is 12.0. The number of methoxy groups -OCH3 is 4. The van der Waals surface area contributed by atoms with Crippen LogP contribution in [0.5, 0.6) is 11.5 Å². The van der Waals surface area contributed by atoms with Crippen molar-refractivity contribution in [3.05, 3.63) is 204 Å². The van der Waals surface area contributed by atoms with Gasteiger partial charge in [0.2, 0.25) is 0 Å². The molecular weight excluding hydrogens is 845 g/mol. The van der Waals surface area contributed by atoms with Gasteiger partial charge in [-0.25, -0.2) is 19.0 Å². The van der Waals surface area contributed by atoms with Crippen LogP contribution in [-0.4, -0.2) is 87.8 Å². The molecule has 0 fully saturated rings. The van der Waals surface area contributed by atoms with Crippen molar-refractivity contribution in [1.29, 1.82) is 0 Å². The number of fused-ring (bicyclic) bond motifs is 3. The Labute approximate surface area is 390 Å². The maximum atomic E-state index is 11.6. The lowest BCUT2D eigenvalue weighted by Crippen LogP contribution is -2.31. The maximum absolute atomic E-state index is 11.6. The summed E-state index contributed by atoms with van der Waals surface area (Å²) in [5, 5.41) is 9.40. The Bertz CT molecular complexity index is 2780. The Balaban J connectivity index is 0.000000163. The molecule has 0 aliphatic carbocycles. The van der Waals surface area contributed by atoms with Crippen LogP contribution in [0.1, 0.15) is 50.9 Å². The molecule has 0 unspecified atom stereocenters. The molecule has 0 saturated heterocycles. The van der Waals surface area contributed by atoms with E-state index in [2.05, 4.69) is 51.1 Å². The smallest absolute Gasteiger partial charge is 0.263 e. The van der Waals surface area contributed by atoms with Gasteiger partial charge in [-0.3, -0.25) is 14.5 Å². The number of carbonyl (C=O) groups excluding carboxylic acids is 2. The highest BCUT2D eigenvalue weighted by molar-refractivity contribution is 6.21. The summed E-state index contributed by atoms with van der Waals surface area (Å²) in [4.78, 5) is 33.6. The molecule has 0 saturated carbocycles. The predicted octanol–water partition coefficient (Wildman–Crippen LogP) is 9.06. The van der Waals surface area contributed by atoms with Crippen molar-refractivity contribution in [2.24, 2.45) is 5.73 Å². The number of rotatable bonds is 11. The van der Waals surface area contributed by atoms with E-state index in [0.717, 1.165) is 74.7 Å². The summed E-state index contributed by atoms with van der Waals surface area (Å²) >= 11 is 0. The zero-order chi connectivity index (χ0) is 46.3. The van der Waals surface area contributed by atoms with Gasteiger partial charge >= 0.3 is 0 Å². The number of hydrogen-bond donors (Lipinski definition) is 1. The number of nitrogens with zero attached hydrogens (tertiary/aromatic N) is 7. The minimum Gasteiger partial charge on any atom is -0.497 e. The molecule has 5 aromatic carbocycles. The minimum atomic E-state index is -0.285. The first-order valence-corrected chi connectivity index (χ1v) is 21.0. The molecule has 0 atom stereocenters. The van der Waals surface area contributed by atoms with E-state index in [4.69, 9.17) is 30.1 Å². The van der Waals surface area contributed by atoms with Crippen LogP contribution >= 0.6 is 0 Å². The summed E-state index contributed by atoms with van der Waals surface area (Å²) in [7, 11) is 6.34. The first kappa shape index (κ1) is 48.4. The largest absolute Gasteiger partial charge is 0.497 e. The number of carbonyl (C=O) groups is 2. The average Bonchev–Trinajstić information content (AvgIpc) is 4.06. The highest BCUT2D eigenvalue weighted by Gasteiger charge is 2.34. The van der Waals surface area contributed by atoms with Gasteiger partial charge in [0.1, 0.15) is 18.2 Å². The highest BCUT2D eigenvalue weighted by atomic mass is 16.5. The van der Waals surface area contributed by atoms with Crippen LogP contribution < -0.4 is 15.2 Å². The Morgan fingerprint density at radius 1 is 0.478 bits per heavy atom. The monoisotopic (exact) mass is 898 g/mol. The van der Waals surface area contributed by atoms with Gasteiger partial charge < -0.3 is 24.7 Å². The fraction of sp³-hybridized carbons (Fsp3) is 0.170. The van der Waals surface area contributed by atoms with Gasteiger partial charge in [0, 0.05) is 38.2 Å². The molecular formula is C53H54N8O6. The van der Waals surface area contributed by atoms with Crippen LogP contribution in [0.3, 0.4) is 0 Å². The zero-order valence-corrected chi connectivity index (χ0v) is 37.2. The third-order valence-corrected chi connectivity index (χ3v) is 10.3. The van der Waals surface area contributed by atoms with E-state index in [1.165, 1.54) is 18.2 Å². The second kappa shape index (κ2) is 23.8. The summed E-state index contributed by atoms with van der Waals surface area (Å²) in [5.74, 6) is 2.76. The number of benzene rings is 5. The highest BCUT2D eigenvalue weighted by Crippen LogP contribution is 2.25. The molecule has 14 heteroatoms. The Kier molecular flexibility index (Phi) is 17.2. The summed E-state index contributed by atoms with van der Waals surface area (Å²) in [5.41, 5.74) is 14.0. The molecule has 67 heavy (non-hydrogen) atoms. The molecule has 342 valence electrons. The van der Waals surface area contributed by atoms with Gasteiger partial charge in [-0.1, -0.05) is 92.4 Å². The van der Waals surface area contributed by atoms with Crippen molar-refractivity contribution >= 4 is 23.1 Å². The van der Waals surface area contributed by atoms with Gasteiger partial charge in [0.25, 0.3) is 11.8 Å². The maximum Gasteiger partial charge on any atom is 0.263 e. The van der Waals surface area contributed by atoms with Crippen LogP contribution in [0, 0.1) is 0 Å². The molecule has 2 N–H and O–H groups in total. The molecule has 2 amide bonds. The molecule has 0 bridgehead atoms. The number of hydrogen-bond acceptors (Lipinski definition) is 11. The molecule has 0 radical (unpaired) electrons. The number of pyridine rings is 2. The fourth-order valence-electron chi connectivity index (χ4n) is 7.05. The lowest BCUT2D eigenvalue weighted by molar-refractivity contribution is 0.0389. The summed E-state index contributed by atoms with van der Waals surface area (Å²) in [6.07, 6.45) is 1.45. The molecule has 0 spiro atoms. The number of nitrogens with two attached hydrogens (primary N) is 1. The lowest BCUT2D eigenvalue weighted by atomic mass is 10.1. The first-order chi connectivity index (χ1) is 32.3. The molecule has 1 aliphatic heterocycles. The fourth-order valence-corrected chi connectivity index (χ4v) is 7.05. The second-order valence-electron chi connectivity index (χ2n) is 14.7. The van der Waals surface area contributed by atoms with Gasteiger partial charge in [-0.05, 0) is 96.1 Å². The summed E-state index contributed by atoms with van der Waals surface area (Å²) in [6, 6.07) is 55.3. The molecule has 1 aliphatic rings. The van der Waals surface area contributed by atoms with Crippen LogP contribution in [0.4, 0.5) is 0 Å². The second-order valence-corrected chi connectivity index (χ2v) is 14.7. The Morgan fingerprint density at radius 3 is 1.22 bits per heavy atom. The molecule has 14 nitrogen and oxygen atoms in total. The van der Waals surface area contributed by atoms with Crippen LogP contribution in [0.15, 0.2) is 170 Å². The number of amides is 2. The third-order valence-electron chi connectivity index (χ3n) is 10.3. The van der Waals surface area contributed by atoms with Gasteiger partial charge in [-0.15, -0.1) is 0 Å². The normalized spacial score (nSPS) is 11.3. The Hall–Kier alpha value is -8.04. The van der Waals surface area contributed by atoms with Crippen LogP contribution in [0.2, 0.25) is 0 Å². The number of aromatic nitrogens is 6. The van der Waals surface area contributed by atoms with E-state index in [1.807, 2.05) is 118 Å².